The number of rotatable bonds is 3. The summed E-state index contributed by atoms with van der Waals surface area (Å²) in [5.74, 6) is 0.745. The van der Waals surface area contributed by atoms with Crippen molar-refractivity contribution in [3.63, 3.8) is 0 Å². The van der Waals surface area contributed by atoms with Gasteiger partial charge in [0.1, 0.15) is 5.82 Å². The zero-order chi connectivity index (χ0) is 13.1. The molecule has 0 aliphatic rings. The molecule has 3 aromatic rings. The molecule has 4 nitrogen and oxygen atoms in total. The van der Waals surface area contributed by atoms with Gasteiger partial charge in [0.05, 0.1) is 16.9 Å². The van der Waals surface area contributed by atoms with E-state index in [0.29, 0.717) is 0 Å². The van der Waals surface area contributed by atoms with E-state index in [1.807, 2.05) is 36.4 Å². The molecule has 0 saturated heterocycles. The van der Waals surface area contributed by atoms with Gasteiger partial charge in [-0.2, -0.15) is 0 Å². The normalized spacial score (nSPS) is 10.3. The molecule has 0 bridgehead atoms. The second-order valence-electron chi connectivity index (χ2n) is 4.08. The van der Waals surface area contributed by atoms with Crippen molar-refractivity contribution in [3.8, 4) is 0 Å². The predicted octanol–water partition coefficient (Wildman–Crippen LogP) is 3.11. The number of nitrogens with zero attached hydrogens (tertiary/aromatic N) is 3. The molecule has 0 fully saturated rings. The van der Waals surface area contributed by atoms with Crippen LogP contribution in [0.4, 0.5) is 5.82 Å². The molecule has 4 heteroatoms. The molecule has 0 aliphatic carbocycles. The molecule has 0 spiro atoms. The van der Waals surface area contributed by atoms with Gasteiger partial charge >= 0.3 is 0 Å². The van der Waals surface area contributed by atoms with E-state index in [2.05, 4.69) is 26.8 Å². The van der Waals surface area contributed by atoms with E-state index in [-0.39, 0.29) is 0 Å². The van der Waals surface area contributed by atoms with Gasteiger partial charge in [0.25, 0.3) is 0 Å². The molecule has 0 saturated carbocycles. The zero-order valence-electron chi connectivity index (χ0n) is 10.2. The number of hydrogen-bond acceptors (Lipinski definition) is 4. The Hall–Kier alpha value is -2.75. The summed E-state index contributed by atoms with van der Waals surface area (Å²) in [5, 5.41) is 4.17. The Balaban J connectivity index is 1.87. The van der Waals surface area contributed by atoms with E-state index in [0.717, 1.165) is 28.1 Å². The fourth-order valence-electron chi connectivity index (χ4n) is 1.79. The molecule has 0 unspecified atom stereocenters. The largest absolute Gasteiger partial charge is 0.339 e. The lowest BCUT2D eigenvalue weighted by atomic mass is 10.2. The first-order valence-electron chi connectivity index (χ1n) is 5.91. The Morgan fingerprint density at radius 1 is 1.05 bits per heavy atom. The Morgan fingerprint density at radius 2 is 2.00 bits per heavy atom. The third kappa shape index (κ3) is 2.42. The Labute approximate surface area is 110 Å². The van der Waals surface area contributed by atoms with Gasteiger partial charge in [0.15, 0.2) is 0 Å². The van der Waals surface area contributed by atoms with Gasteiger partial charge in [-0.05, 0) is 30.3 Å². The molecule has 19 heavy (non-hydrogen) atoms. The van der Waals surface area contributed by atoms with Crippen molar-refractivity contribution >= 4 is 22.4 Å². The van der Waals surface area contributed by atoms with E-state index in [9.17, 15) is 0 Å². The van der Waals surface area contributed by atoms with Crippen LogP contribution in [0.5, 0.6) is 0 Å². The Bertz CT molecular complexity index is 722. The van der Waals surface area contributed by atoms with Crippen molar-refractivity contribution in [2.24, 2.45) is 0 Å². The van der Waals surface area contributed by atoms with Crippen LogP contribution >= 0.6 is 0 Å². The molecule has 0 amide bonds. The first-order chi connectivity index (χ1) is 9.33. The van der Waals surface area contributed by atoms with Crippen LogP contribution in [0.2, 0.25) is 0 Å². The number of pyridine rings is 3. The van der Waals surface area contributed by atoms with Crippen LogP contribution in [0.1, 0.15) is 5.69 Å². The minimum Gasteiger partial charge on any atom is -0.339 e. The first kappa shape index (κ1) is 11.3. The minimum absolute atomic E-state index is 0.724. The molecule has 3 rings (SSSR count). The van der Waals surface area contributed by atoms with Crippen LogP contribution in [0.3, 0.4) is 0 Å². The smallest absolute Gasteiger partial charge is 0.131 e. The highest BCUT2D eigenvalue weighted by atomic mass is 15.0. The molecule has 0 radical (unpaired) electrons. The first-order valence-corrected chi connectivity index (χ1v) is 5.91. The lowest BCUT2D eigenvalue weighted by molar-refractivity contribution is 1.26. The lowest BCUT2D eigenvalue weighted by Gasteiger charge is -2.08. The third-order valence-corrected chi connectivity index (χ3v) is 2.74. The minimum atomic E-state index is 0.724. The number of aromatic nitrogens is 3. The van der Waals surface area contributed by atoms with E-state index < -0.39 is 0 Å². The molecule has 3 heterocycles. The fourth-order valence-corrected chi connectivity index (χ4v) is 1.79. The van der Waals surface area contributed by atoms with Gasteiger partial charge in [-0.3, -0.25) is 9.97 Å². The molecular formula is C15H12N4. The average molecular weight is 248 g/mol. The Morgan fingerprint density at radius 3 is 2.84 bits per heavy atom. The molecule has 0 aromatic carbocycles. The molecule has 0 atom stereocenters. The lowest BCUT2D eigenvalue weighted by Crippen LogP contribution is -2.01. The van der Waals surface area contributed by atoms with Crippen molar-refractivity contribution in [2.75, 3.05) is 5.32 Å². The summed E-state index contributed by atoms with van der Waals surface area (Å²) in [5.41, 5.74) is 2.43. The predicted molar refractivity (Wildman–Crippen MR) is 76.4 cm³/mol. The van der Waals surface area contributed by atoms with E-state index in [4.69, 9.17) is 0 Å². The topological polar surface area (TPSA) is 50.7 Å². The highest BCUT2D eigenvalue weighted by Gasteiger charge is 2.02. The summed E-state index contributed by atoms with van der Waals surface area (Å²) < 4.78 is 0. The van der Waals surface area contributed by atoms with Crippen molar-refractivity contribution in [3.05, 3.63) is 67.3 Å². The summed E-state index contributed by atoms with van der Waals surface area (Å²) in [6, 6.07) is 11.5. The molecule has 1 N–H and O–H groups in total. The monoisotopic (exact) mass is 248 g/mol. The van der Waals surface area contributed by atoms with Gasteiger partial charge in [-0.15, -0.1) is 0 Å². The van der Waals surface area contributed by atoms with Crippen LogP contribution in [-0.4, -0.2) is 15.0 Å². The quantitative estimate of drug-likeness (QED) is 0.773. The molecule has 0 aliphatic heterocycles. The summed E-state index contributed by atoms with van der Waals surface area (Å²) in [6.07, 6.45) is 5.26. The third-order valence-electron chi connectivity index (χ3n) is 2.74. The van der Waals surface area contributed by atoms with Gasteiger partial charge < -0.3 is 5.32 Å². The summed E-state index contributed by atoms with van der Waals surface area (Å²) in [4.78, 5) is 12.8. The van der Waals surface area contributed by atoms with Crippen molar-refractivity contribution in [2.45, 2.75) is 0 Å². The van der Waals surface area contributed by atoms with Crippen LogP contribution in [0.15, 0.2) is 61.6 Å². The highest BCUT2D eigenvalue weighted by molar-refractivity contribution is 5.81. The molecule has 92 valence electrons. The van der Waals surface area contributed by atoms with Crippen molar-refractivity contribution in [1.29, 1.82) is 0 Å². The maximum Gasteiger partial charge on any atom is 0.131 e. The van der Waals surface area contributed by atoms with Crippen LogP contribution in [0, 0.1) is 0 Å². The van der Waals surface area contributed by atoms with Crippen molar-refractivity contribution < 1.29 is 0 Å². The number of anilines is 1. The fraction of sp³-hybridized carbons (Fsp3) is 0. The van der Waals surface area contributed by atoms with Gasteiger partial charge in [-0.25, -0.2) is 4.98 Å². The SMILES string of the molecule is C=C(Nc1ccc2cnccc2n1)c1ccccn1. The highest BCUT2D eigenvalue weighted by Crippen LogP contribution is 2.17. The average Bonchev–Trinajstić information content (AvgIpc) is 2.48. The number of hydrogen-bond donors (Lipinski definition) is 1. The zero-order valence-corrected chi connectivity index (χ0v) is 10.2. The second-order valence-corrected chi connectivity index (χ2v) is 4.08. The van der Waals surface area contributed by atoms with Crippen molar-refractivity contribution in [1.82, 2.24) is 15.0 Å². The van der Waals surface area contributed by atoms with E-state index >= 15 is 0 Å². The van der Waals surface area contributed by atoms with Gasteiger partial charge in [0, 0.05) is 24.0 Å². The number of fused-ring (bicyclic) bond motifs is 1. The second kappa shape index (κ2) is 4.86. The maximum atomic E-state index is 4.50. The molecular weight excluding hydrogens is 236 g/mol. The number of nitrogens with one attached hydrogen (secondary N) is 1. The Kier molecular flexibility index (Phi) is 2.90. The van der Waals surface area contributed by atoms with Crippen LogP contribution < -0.4 is 5.32 Å². The van der Waals surface area contributed by atoms with Crippen LogP contribution in [0.25, 0.3) is 16.6 Å². The van der Waals surface area contributed by atoms with Gasteiger partial charge in [-0.1, -0.05) is 12.6 Å². The van der Waals surface area contributed by atoms with E-state index in [1.54, 1.807) is 18.6 Å². The standard InChI is InChI=1S/C15H12N4/c1-11(13-4-2-3-8-17-13)18-15-6-5-12-10-16-9-7-14(12)19-15/h2-10H,1H2,(H,18,19). The summed E-state index contributed by atoms with van der Waals surface area (Å²) in [7, 11) is 0. The summed E-state index contributed by atoms with van der Waals surface area (Å²) in [6.45, 7) is 3.97. The van der Waals surface area contributed by atoms with E-state index in [1.165, 1.54) is 0 Å². The van der Waals surface area contributed by atoms with Gasteiger partial charge in [0.2, 0.25) is 0 Å². The van der Waals surface area contributed by atoms with Crippen LogP contribution in [-0.2, 0) is 0 Å². The maximum absolute atomic E-state index is 4.50. The summed E-state index contributed by atoms with van der Waals surface area (Å²) >= 11 is 0. The molecule has 3 aromatic heterocycles.